The second-order valence-electron chi connectivity index (χ2n) is 17.1. The van der Waals surface area contributed by atoms with E-state index in [1.165, 1.54) is 130 Å². The minimum atomic E-state index is -0.0535. The van der Waals surface area contributed by atoms with Crippen LogP contribution in [0.25, 0.3) is 119 Å². The van der Waals surface area contributed by atoms with Crippen LogP contribution in [0.15, 0.2) is 194 Å². The van der Waals surface area contributed by atoms with Gasteiger partial charge in [-0.25, -0.2) is 0 Å². The van der Waals surface area contributed by atoms with Crippen molar-refractivity contribution in [3.8, 4) is 44.5 Å². The smallest absolute Gasteiger partial charge is 0.0434 e. The Hall–Kier alpha value is -7.06. The van der Waals surface area contributed by atoms with Gasteiger partial charge in [-0.3, -0.25) is 0 Å². The Morgan fingerprint density at radius 2 is 0.867 bits per heavy atom. The van der Waals surface area contributed by atoms with Gasteiger partial charge in [0.2, 0.25) is 0 Å². The average molecular weight is 779 g/mol. The van der Waals surface area contributed by atoms with Crippen molar-refractivity contribution in [3.05, 3.63) is 205 Å². The summed E-state index contributed by atoms with van der Waals surface area (Å²) in [6.45, 7) is 4.77. The molecule has 1 heterocycles. The van der Waals surface area contributed by atoms with E-state index in [0.29, 0.717) is 0 Å². The fourth-order valence-electron chi connectivity index (χ4n) is 10.8. The predicted molar refractivity (Wildman–Crippen MR) is 261 cm³/mol. The molecule has 1 aliphatic carbocycles. The van der Waals surface area contributed by atoms with E-state index in [-0.39, 0.29) is 5.41 Å². The van der Waals surface area contributed by atoms with Crippen molar-refractivity contribution in [1.29, 1.82) is 0 Å². The van der Waals surface area contributed by atoms with E-state index >= 15 is 0 Å². The molecule has 0 fully saturated rings. The van der Waals surface area contributed by atoms with Gasteiger partial charge in [-0.2, -0.15) is 0 Å². The molecule has 12 aromatic rings. The van der Waals surface area contributed by atoms with Crippen LogP contribution in [0, 0.1) is 0 Å². The average Bonchev–Trinajstić information content (AvgIpc) is 3.77. The summed E-state index contributed by atoms with van der Waals surface area (Å²) >= 11 is 1.94. The summed E-state index contributed by atoms with van der Waals surface area (Å²) < 4.78 is 2.72. The SMILES string of the molecule is CC1(C)c2ccccc2-c2cc3sc4c5ccccc5c(-c5ccc(-c6c7ccccc7c(-c7ccc8ccccc8c7)c7ccccc67)c6ccccc56)cc4c3cc21. The lowest BCUT2D eigenvalue weighted by Crippen LogP contribution is -2.14. The zero-order valence-electron chi connectivity index (χ0n) is 33.4. The fourth-order valence-corrected chi connectivity index (χ4v) is 12.1. The fraction of sp³-hybridized carbons (Fsp3) is 0.0508. The zero-order chi connectivity index (χ0) is 39.7. The van der Waals surface area contributed by atoms with Gasteiger partial charge in [0, 0.05) is 31.0 Å². The first-order valence-electron chi connectivity index (χ1n) is 21.0. The molecule has 0 amide bonds. The highest BCUT2D eigenvalue weighted by Crippen LogP contribution is 2.53. The van der Waals surface area contributed by atoms with Crippen LogP contribution in [0.3, 0.4) is 0 Å². The first-order valence-corrected chi connectivity index (χ1v) is 21.8. The van der Waals surface area contributed by atoms with Crippen molar-refractivity contribution in [3.63, 3.8) is 0 Å². The molecule has 13 rings (SSSR count). The number of fused-ring (bicyclic) bond motifs is 12. The van der Waals surface area contributed by atoms with Gasteiger partial charge in [0.05, 0.1) is 0 Å². The van der Waals surface area contributed by atoms with Crippen LogP contribution in [-0.4, -0.2) is 0 Å². The standard InChI is InChI=1S/C59H38S/c1-59(2)53-26-14-13-20-42(53)50-34-55-51(33-54(50)59)52-32-49(40-19-7-12-25-48(40)58(52)60-55)41-29-30-47(39-18-6-5-17-38(39)41)57-45-23-10-8-21-43(45)56(44-22-9-11-24-46(44)57)37-28-27-35-15-3-4-16-36(35)31-37/h3-34H,1-2H3. The molecule has 0 N–H and O–H groups in total. The number of rotatable bonds is 3. The van der Waals surface area contributed by atoms with Gasteiger partial charge >= 0.3 is 0 Å². The van der Waals surface area contributed by atoms with Crippen molar-refractivity contribution in [1.82, 2.24) is 0 Å². The third-order valence-corrected chi connectivity index (χ3v) is 14.8. The van der Waals surface area contributed by atoms with Crippen LogP contribution in [0.4, 0.5) is 0 Å². The van der Waals surface area contributed by atoms with Gasteiger partial charge in [-0.05, 0) is 128 Å². The topological polar surface area (TPSA) is 0 Å². The third-order valence-electron chi connectivity index (χ3n) is 13.6. The predicted octanol–water partition coefficient (Wildman–Crippen LogP) is 17.1. The van der Waals surface area contributed by atoms with E-state index < -0.39 is 0 Å². The number of hydrogen-bond donors (Lipinski definition) is 0. The van der Waals surface area contributed by atoms with Crippen molar-refractivity contribution >= 4 is 85.4 Å². The van der Waals surface area contributed by atoms with Crippen LogP contribution < -0.4 is 0 Å². The summed E-state index contributed by atoms with van der Waals surface area (Å²) in [4.78, 5) is 0. The molecule has 0 nitrogen and oxygen atoms in total. The Kier molecular flexibility index (Phi) is 7.04. The summed E-state index contributed by atoms with van der Waals surface area (Å²) in [6.07, 6.45) is 0. The highest BCUT2D eigenvalue weighted by molar-refractivity contribution is 7.26. The third kappa shape index (κ3) is 4.67. The number of thiophene rings is 1. The van der Waals surface area contributed by atoms with E-state index in [4.69, 9.17) is 0 Å². The Balaban J connectivity index is 1.06. The summed E-state index contributed by atoms with van der Waals surface area (Å²) in [7, 11) is 0. The van der Waals surface area contributed by atoms with E-state index in [1.807, 2.05) is 11.3 Å². The Bertz CT molecular complexity index is 3750. The molecular formula is C59H38S. The monoisotopic (exact) mass is 778 g/mol. The second kappa shape index (κ2) is 12.5. The summed E-state index contributed by atoms with van der Waals surface area (Å²) in [5.41, 5.74) is 13.2. The molecule has 1 heteroatoms. The number of benzene rings is 11. The molecule has 280 valence electrons. The zero-order valence-corrected chi connectivity index (χ0v) is 34.2. The highest BCUT2D eigenvalue weighted by atomic mass is 32.1. The van der Waals surface area contributed by atoms with Gasteiger partial charge in [0.15, 0.2) is 0 Å². The lowest BCUT2D eigenvalue weighted by Gasteiger charge is -2.21. The molecule has 0 radical (unpaired) electrons. The summed E-state index contributed by atoms with van der Waals surface area (Å²) in [5.74, 6) is 0. The first-order chi connectivity index (χ1) is 29.5. The van der Waals surface area contributed by atoms with Crippen LogP contribution in [0.5, 0.6) is 0 Å². The minimum absolute atomic E-state index is 0.0535. The molecule has 0 spiro atoms. The molecule has 0 atom stereocenters. The van der Waals surface area contributed by atoms with Gasteiger partial charge in [-0.15, -0.1) is 11.3 Å². The van der Waals surface area contributed by atoms with Crippen LogP contribution in [-0.2, 0) is 5.41 Å². The van der Waals surface area contributed by atoms with Crippen molar-refractivity contribution in [2.24, 2.45) is 0 Å². The largest absolute Gasteiger partial charge is 0.135 e. The van der Waals surface area contributed by atoms with Crippen LogP contribution in [0.1, 0.15) is 25.0 Å². The van der Waals surface area contributed by atoms with Gasteiger partial charge in [-0.1, -0.05) is 184 Å². The molecule has 0 bridgehead atoms. The lowest BCUT2D eigenvalue weighted by molar-refractivity contribution is 0.661. The molecular weight excluding hydrogens is 741 g/mol. The Morgan fingerprint density at radius 1 is 0.317 bits per heavy atom. The number of hydrogen-bond acceptors (Lipinski definition) is 1. The van der Waals surface area contributed by atoms with E-state index in [0.717, 1.165) is 0 Å². The molecule has 0 aliphatic heterocycles. The minimum Gasteiger partial charge on any atom is -0.135 e. The normalized spacial score (nSPS) is 13.3. The van der Waals surface area contributed by atoms with Gasteiger partial charge in [0.1, 0.15) is 0 Å². The molecule has 0 saturated heterocycles. The van der Waals surface area contributed by atoms with Crippen molar-refractivity contribution in [2.75, 3.05) is 0 Å². The van der Waals surface area contributed by atoms with Crippen molar-refractivity contribution in [2.45, 2.75) is 19.3 Å². The van der Waals surface area contributed by atoms with Crippen LogP contribution >= 0.6 is 11.3 Å². The maximum Gasteiger partial charge on any atom is 0.0434 e. The quantitative estimate of drug-likeness (QED) is 0.157. The van der Waals surface area contributed by atoms with Gasteiger partial charge < -0.3 is 0 Å². The molecule has 1 aromatic heterocycles. The Morgan fingerprint density at radius 3 is 1.58 bits per heavy atom. The van der Waals surface area contributed by atoms with E-state index in [2.05, 4.69) is 208 Å². The molecule has 0 saturated carbocycles. The maximum atomic E-state index is 2.51. The molecule has 11 aromatic carbocycles. The van der Waals surface area contributed by atoms with Gasteiger partial charge in [0.25, 0.3) is 0 Å². The maximum absolute atomic E-state index is 2.51. The second-order valence-corrected chi connectivity index (χ2v) is 18.2. The first kappa shape index (κ1) is 33.9. The van der Waals surface area contributed by atoms with Crippen LogP contribution in [0.2, 0.25) is 0 Å². The van der Waals surface area contributed by atoms with Crippen molar-refractivity contribution < 1.29 is 0 Å². The lowest BCUT2D eigenvalue weighted by atomic mass is 9.82. The summed E-state index contributed by atoms with van der Waals surface area (Å²) in [5, 5.41) is 15.4. The van der Waals surface area contributed by atoms with E-state index in [1.54, 1.807) is 0 Å². The summed E-state index contributed by atoms with van der Waals surface area (Å²) in [6, 6.07) is 73.0. The Labute approximate surface area is 352 Å². The molecule has 0 unspecified atom stereocenters. The molecule has 1 aliphatic rings. The van der Waals surface area contributed by atoms with E-state index in [9.17, 15) is 0 Å². The highest BCUT2D eigenvalue weighted by Gasteiger charge is 2.36. The molecule has 60 heavy (non-hydrogen) atoms.